The van der Waals surface area contributed by atoms with E-state index < -0.39 is 0 Å². The molecule has 2 aromatic carbocycles. The second-order valence-electron chi connectivity index (χ2n) is 4.98. The van der Waals surface area contributed by atoms with Crippen LogP contribution in [0.15, 0.2) is 42.6 Å². The highest BCUT2D eigenvalue weighted by Gasteiger charge is 2.07. The van der Waals surface area contributed by atoms with Crippen molar-refractivity contribution < 1.29 is 0 Å². The molecule has 0 saturated carbocycles. The molecule has 2 N–H and O–H groups in total. The predicted octanol–water partition coefficient (Wildman–Crippen LogP) is 5.63. The lowest BCUT2D eigenvalue weighted by molar-refractivity contribution is 0.982. The number of nitrogens with zero attached hydrogens (tertiary/aromatic N) is 3. The van der Waals surface area contributed by atoms with Crippen molar-refractivity contribution in [1.82, 2.24) is 15.2 Å². The fourth-order valence-corrected chi connectivity index (χ4v) is 2.48. The molecule has 8 heteroatoms. The summed E-state index contributed by atoms with van der Waals surface area (Å²) >= 11 is 18.3. The summed E-state index contributed by atoms with van der Waals surface area (Å²) in [6.45, 7) is 1.93. The molecule has 5 nitrogen and oxygen atoms in total. The van der Waals surface area contributed by atoms with E-state index in [0.717, 1.165) is 11.3 Å². The minimum absolute atomic E-state index is 0.332. The van der Waals surface area contributed by atoms with Crippen LogP contribution in [0.5, 0.6) is 0 Å². The second-order valence-corrected chi connectivity index (χ2v) is 6.17. The third kappa shape index (κ3) is 3.87. The molecule has 0 aliphatic carbocycles. The Balaban J connectivity index is 1.81. The van der Waals surface area contributed by atoms with Gasteiger partial charge in [0.1, 0.15) is 0 Å². The van der Waals surface area contributed by atoms with Crippen molar-refractivity contribution in [3.8, 4) is 0 Å². The Labute approximate surface area is 154 Å². The molecule has 0 aliphatic heterocycles. The van der Waals surface area contributed by atoms with Gasteiger partial charge in [0.15, 0.2) is 5.82 Å². The minimum Gasteiger partial charge on any atom is -0.338 e. The number of rotatable bonds is 4. The van der Waals surface area contributed by atoms with Gasteiger partial charge in [-0.25, -0.2) is 0 Å². The Hall–Kier alpha value is -2.08. The zero-order valence-electron chi connectivity index (χ0n) is 12.5. The Bertz CT molecular complexity index is 885. The Morgan fingerprint density at radius 2 is 1.79 bits per heavy atom. The van der Waals surface area contributed by atoms with Crippen molar-refractivity contribution >= 4 is 57.9 Å². The molecule has 0 bridgehead atoms. The molecule has 1 heterocycles. The van der Waals surface area contributed by atoms with Crippen LogP contribution >= 0.6 is 34.8 Å². The largest absolute Gasteiger partial charge is 0.338 e. The van der Waals surface area contributed by atoms with Crippen LogP contribution < -0.4 is 10.6 Å². The van der Waals surface area contributed by atoms with E-state index in [2.05, 4.69) is 25.8 Å². The first-order chi connectivity index (χ1) is 11.5. The standard InChI is InChI=1S/C16H12Cl3N5/c1-9-5-6-10(7-12(9)18)21-16-23-14(8-20-24-16)22-13-4-2-3-11(17)15(13)19/h2-8H,1H3,(H2,21,22,23,24). The van der Waals surface area contributed by atoms with Gasteiger partial charge in [-0.05, 0) is 36.8 Å². The second kappa shape index (κ2) is 7.21. The summed E-state index contributed by atoms with van der Waals surface area (Å²) in [5.74, 6) is 0.813. The molecular weight excluding hydrogens is 369 g/mol. The maximum Gasteiger partial charge on any atom is 0.249 e. The van der Waals surface area contributed by atoms with Crippen molar-refractivity contribution in [2.75, 3.05) is 10.6 Å². The van der Waals surface area contributed by atoms with Crippen molar-refractivity contribution in [1.29, 1.82) is 0 Å². The molecule has 0 unspecified atom stereocenters. The summed E-state index contributed by atoms with van der Waals surface area (Å²) in [6.07, 6.45) is 1.49. The van der Waals surface area contributed by atoms with Gasteiger partial charge >= 0.3 is 0 Å². The van der Waals surface area contributed by atoms with E-state index in [1.165, 1.54) is 6.20 Å². The van der Waals surface area contributed by atoms with Crippen molar-refractivity contribution in [2.45, 2.75) is 6.92 Å². The number of anilines is 4. The van der Waals surface area contributed by atoms with E-state index in [1.54, 1.807) is 24.3 Å². The number of hydrogen-bond donors (Lipinski definition) is 2. The molecule has 0 radical (unpaired) electrons. The summed E-state index contributed by atoms with van der Waals surface area (Å²) in [6, 6.07) is 10.9. The van der Waals surface area contributed by atoms with Crippen molar-refractivity contribution in [3.63, 3.8) is 0 Å². The first-order valence-electron chi connectivity index (χ1n) is 6.97. The molecule has 0 saturated heterocycles. The van der Waals surface area contributed by atoms with Crippen LogP contribution in [0.4, 0.5) is 23.1 Å². The topological polar surface area (TPSA) is 62.7 Å². The third-order valence-corrected chi connectivity index (χ3v) is 4.43. The summed E-state index contributed by atoms with van der Waals surface area (Å²) in [5.41, 5.74) is 2.40. The van der Waals surface area contributed by atoms with E-state index in [-0.39, 0.29) is 0 Å². The van der Waals surface area contributed by atoms with Crippen LogP contribution in [0.1, 0.15) is 5.56 Å². The molecule has 0 spiro atoms. The number of halogens is 3. The first-order valence-corrected chi connectivity index (χ1v) is 8.10. The van der Waals surface area contributed by atoms with Gasteiger partial charge in [-0.2, -0.15) is 10.1 Å². The van der Waals surface area contributed by atoms with E-state index in [9.17, 15) is 0 Å². The van der Waals surface area contributed by atoms with Crippen molar-refractivity contribution in [2.24, 2.45) is 0 Å². The Morgan fingerprint density at radius 3 is 2.58 bits per heavy atom. The van der Waals surface area contributed by atoms with Crippen LogP contribution in [-0.2, 0) is 0 Å². The lowest BCUT2D eigenvalue weighted by Gasteiger charge is -2.10. The van der Waals surface area contributed by atoms with Gasteiger partial charge in [0, 0.05) is 10.7 Å². The highest BCUT2D eigenvalue weighted by molar-refractivity contribution is 6.43. The van der Waals surface area contributed by atoms with Gasteiger partial charge in [-0.1, -0.05) is 46.9 Å². The van der Waals surface area contributed by atoms with Gasteiger partial charge in [0.25, 0.3) is 0 Å². The average molecular weight is 381 g/mol. The molecular formula is C16H12Cl3N5. The monoisotopic (exact) mass is 379 g/mol. The molecule has 3 aromatic rings. The maximum absolute atomic E-state index is 6.16. The fourth-order valence-electron chi connectivity index (χ4n) is 1.95. The average Bonchev–Trinajstić information content (AvgIpc) is 2.56. The summed E-state index contributed by atoms with van der Waals surface area (Å²) in [7, 11) is 0. The molecule has 1 aromatic heterocycles. The third-order valence-electron chi connectivity index (χ3n) is 3.20. The Kier molecular flexibility index (Phi) is 5.04. The zero-order valence-corrected chi connectivity index (χ0v) is 14.8. The fraction of sp³-hybridized carbons (Fsp3) is 0.0625. The zero-order chi connectivity index (χ0) is 17.1. The number of aromatic nitrogens is 3. The number of hydrogen-bond acceptors (Lipinski definition) is 5. The summed E-state index contributed by atoms with van der Waals surface area (Å²) < 4.78 is 0. The number of aryl methyl sites for hydroxylation is 1. The van der Waals surface area contributed by atoms with Crippen LogP contribution in [0.25, 0.3) is 0 Å². The molecule has 24 heavy (non-hydrogen) atoms. The molecule has 0 fully saturated rings. The summed E-state index contributed by atoms with van der Waals surface area (Å²) in [5, 5.41) is 15.5. The van der Waals surface area contributed by atoms with Gasteiger partial charge < -0.3 is 10.6 Å². The Morgan fingerprint density at radius 1 is 0.958 bits per heavy atom. The number of benzene rings is 2. The normalized spacial score (nSPS) is 10.5. The van der Waals surface area contributed by atoms with Crippen LogP contribution in [0.2, 0.25) is 15.1 Å². The lowest BCUT2D eigenvalue weighted by atomic mass is 10.2. The SMILES string of the molecule is Cc1ccc(Nc2nncc(Nc3cccc(Cl)c3Cl)n2)cc1Cl. The smallest absolute Gasteiger partial charge is 0.249 e. The van der Waals surface area contributed by atoms with Gasteiger partial charge in [0.2, 0.25) is 5.95 Å². The quantitative estimate of drug-likeness (QED) is 0.614. The molecule has 0 aliphatic rings. The first kappa shape index (κ1) is 16.8. The highest BCUT2D eigenvalue weighted by Crippen LogP contribution is 2.31. The van der Waals surface area contributed by atoms with Gasteiger partial charge in [0.05, 0.1) is 21.9 Å². The molecule has 0 amide bonds. The minimum atomic E-state index is 0.332. The lowest BCUT2D eigenvalue weighted by Crippen LogP contribution is -2.02. The highest BCUT2D eigenvalue weighted by atomic mass is 35.5. The molecule has 122 valence electrons. The van der Waals surface area contributed by atoms with Crippen LogP contribution in [0.3, 0.4) is 0 Å². The maximum atomic E-state index is 6.16. The van der Waals surface area contributed by atoms with E-state index >= 15 is 0 Å². The van der Waals surface area contributed by atoms with Gasteiger partial charge in [-0.15, -0.1) is 5.10 Å². The predicted molar refractivity (Wildman–Crippen MR) is 99.0 cm³/mol. The van der Waals surface area contributed by atoms with Gasteiger partial charge in [-0.3, -0.25) is 0 Å². The van der Waals surface area contributed by atoms with Crippen LogP contribution in [0, 0.1) is 6.92 Å². The van der Waals surface area contributed by atoms with E-state index in [0.29, 0.717) is 32.5 Å². The summed E-state index contributed by atoms with van der Waals surface area (Å²) in [4.78, 5) is 4.35. The van der Waals surface area contributed by atoms with Crippen LogP contribution in [-0.4, -0.2) is 15.2 Å². The van der Waals surface area contributed by atoms with Crippen molar-refractivity contribution in [3.05, 3.63) is 63.2 Å². The molecule has 0 atom stereocenters. The molecule has 3 rings (SSSR count). The van der Waals surface area contributed by atoms with E-state index in [1.807, 2.05) is 19.1 Å². The van der Waals surface area contributed by atoms with E-state index in [4.69, 9.17) is 34.8 Å². The number of nitrogens with one attached hydrogen (secondary N) is 2.